The van der Waals surface area contributed by atoms with Crippen molar-refractivity contribution in [1.82, 2.24) is 5.32 Å². The first kappa shape index (κ1) is 17.9. The van der Waals surface area contributed by atoms with E-state index in [0.717, 1.165) is 5.56 Å². The minimum atomic E-state index is -0.940. The van der Waals surface area contributed by atoms with Gasteiger partial charge in [-0.05, 0) is 41.8 Å². The SMILES string of the molecule is O=C(O)c1cccc(CCNC(=O)c2ccc(C3SCCS3)cc2)c1. The van der Waals surface area contributed by atoms with E-state index in [1.165, 1.54) is 17.1 Å². The molecule has 0 aliphatic carbocycles. The van der Waals surface area contributed by atoms with E-state index in [2.05, 4.69) is 5.32 Å². The molecule has 4 nitrogen and oxygen atoms in total. The Morgan fingerprint density at radius 3 is 2.44 bits per heavy atom. The highest BCUT2D eigenvalue weighted by molar-refractivity contribution is 8.19. The van der Waals surface area contributed by atoms with Gasteiger partial charge in [0, 0.05) is 23.6 Å². The fourth-order valence-electron chi connectivity index (χ4n) is 2.62. The molecule has 0 saturated carbocycles. The molecule has 3 rings (SSSR count). The van der Waals surface area contributed by atoms with Gasteiger partial charge in [-0.2, -0.15) is 0 Å². The maximum atomic E-state index is 12.2. The topological polar surface area (TPSA) is 66.4 Å². The van der Waals surface area contributed by atoms with Crippen LogP contribution in [0.15, 0.2) is 48.5 Å². The lowest BCUT2D eigenvalue weighted by Gasteiger charge is -2.10. The fourth-order valence-corrected chi connectivity index (χ4v) is 5.48. The number of nitrogens with one attached hydrogen (secondary N) is 1. The summed E-state index contributed by atoms with van der Waals surface area (Å²) >= 11 is 3.89. The minimum absolute atomic E-state index is 0.104. The van der Waals surface area contributed by atoms with Gasteiger partial charge in [-0.15, -0.1) is 23.5 Å². The summed E-state index contributed by atoms with van der Waals surface area (Å²) in [5.74, 6) is 1.32. The molecule has 1 aliphatic heterocycles. The molecule has 0 bridgehead atoms. The van der Waals surface area contributed by atoms with Gasteiger partial charge in [-0.1, -0.05) is 24.3 Å². The molecule has 1 fully saturated rings. The van der Waals surface area contributed by atoms with Gasteiger partial charge in [0.05, 0.1) is 10.1 Å². The molecule has 130 valence electrons. The average molecular weight is 373 g/mol. The van der Waals surface area contributed by atoms with Gasteiger partial charge in [0.25, 0.3) is 5.91 Å². The molecule has 2 N–H and O–H groups in total. The normalized spacial score (nSPS) is 14.4. The molecule has 0 unspecified atom stereocenters. The number of carbonyl (C=O) groups is 2. The number of rotatable bonds is 6. The lowest BCUT2D eigenvalue weighted by molar-refractivity contribution is 0.0696. The Balaban J connectivity index is 1.52. The average Bonchev–Trinajstić information content (AvgIpc) is 3.17. The fraction of sp³-hybridized carbons (Fsp3) is 0.263. The van der Waals surface area contributed by atoms with Gasteiger partial charge in [0.2, 0.25) is 0 Å². The van der Waals surface area contributed by atoms with Crippen molar-refractivity contribution in [1.29, 1.82) is 0 Å². The van der Waals surface area contributed by atoms with Crippen LogP contribution < -0.4 is 5.32 Å². The molecule has 2 aromatic rings. The first-order valence-electron chi connectivity index (χ1n) is 8.07. The van der Waals surface area contributed by atoms with Crippen molar-refractivity contribution in [3.8, 4) is 0 Å². The molecule has 0 atom stereocenters. The number of thioether (sulfide) groups is 2. The smallest absolute Gasteiger partial charge is 0.335 e. The van der Waals surface area contributed by atoms with E-state index in [9.17, 15) is 9.59 Å². The van der Waals surface area contributed by atoms with Crippen LogP contribution in [0.3, 0.4) is 0 Å². The van der Waals surface area contributed by atoms with Crippen molar-refractivity contribution in [2.24, 2.45) is 0 Å². The van der Waals surface area contributed by atoms with Crippen LogP contribution in [0.4, 0.5) is 0 Å². The van der Waals surface area contributed by atoms with Crippen molar-refractivity contribution < 1.29 is 14.7 Å². The maximum absolute atomic E-state index is 12.2. The first-order chi connectivity index (χ1) is 12.1. The molecular formula is C19H19NO3S2. The Hall–Kier alpha value is -1.92. The zero-order valence-electron chi connectivity index (χ0n) is 13.6. The molecule has 6 heteroatoms. The Labute approximate surface area is 155 Å². The predicted octanol–water partition coefficient (Wildman–Crippen LogP) is 3.84. The summed E-state index contributed by atoms with van der Waals surface area (Å²) in [6, 6.07) is 14.6. The Morgan fingerprint density at radius 1 is 1.04 bits per heavy atom. The Bertz CT molecular complexity index is 756. The van der Waals surface area contributed by atoms with Gasteiger partial charge in [-0.25, -0.2) is 4.79 Å². The summed E-state index contributed by atoms with van der Waals surface area (Å²) < 4.78 is 0.485. The molecule has 0 aromatic heterocycles. The number of hydrogen-bond donors (Lipinski definition) is 2. The highest BCUT2D eigenvalue weighted by Gasteiger charge is 2.18. The third-order valence-corrected chi connectivity index (χ3v) is 7.04. The summed E-state index contributed by atoms with van der Waals surface area (Å²) in [5.41, 5.74) is 3.07. The molecule has 2 aromatic carbocycles. The van der Waals surface area contributed by atoms with Gasteiger partial charge < -0.3 is 10.4 Å². The van der Waals surface area contributed by atoms with Crippen LogP contribution in [0, 0.1) is 0 Å². The van der Waals surface area contributed by atoms with E-state index in [1.807, 2.05) is 53.9 Å². The van der Waals surface area contributed by atoms with Crippen molar-refractivity contribution in [3.05, 3.63) is 70.8 Å². The van der Waals surface area contributed by atoms with Gasteiger partial charge in [-0.3, -0.25) is 4.79 Å². The molecule has 0 spiro atoms. The number of hydrogen-bond acceptors (Lipinski definition) is 4. The number of aromatic carboxylic acids is 1. The Kier molecular flexibility index (Phi) is 6.04. The second-order valence-electron chi connectivity index (χ2n) is 5.71. The minimum Gasteiger partial charge on any atom is -0.478 e. The zero-order chi connectivity index (χ0) is 17.6. The molecular weight excluding hydrogens is 354 g/mol. The lowest BCUT2D eigenvalue weighted by atomic mass is 10.1. The Morgan fingerprint density at radius 2 is 1.76 bits per heavy atom. The lowest BCUT2D eigenvalue weighted by Crippen LogP contribution is -2.25. The zero-order valence-corrected chi connectivity index (χ0v) is 15.2. The summed E-state index contributed by atoms with van der Waals surface area (Å²) in [6.45, 7) is 0.470. The molecule has 1 saturated heterocycles. The van der Waals surface area contributed by atoms with E-state index in [1.54, 1.807) is 18.2 Å². The van der Waals surface area contributed by atoms with Crippen LogP contribution in [-0.2, 0) is 6.42 Å². The first-order valence-corrected chi connectivity index (χ1v) is 10.2. The number of carbonyl (C=O) groups excluding carboxylic acids is 1. The van der Waals surface area contributed by atoms with Crippen molar-refractivity contribution >= 4 is 35.4 Å². The molecule has 1 amide bonds. The number of carboxylic acid groups (broad SMARTS) is 1. The highest BCUT2D eigenvalue weighted by Crippen LogP contribution is 2.45. The highest BCUT2D eigenvalue weighted by atomic mass is 32.2. The largest absolute Gasteiger partial charge is 0.478 e. The van der Waals surface area contributed by atoms with E-state index in [-0.39, 0.29) is 11.5 Å². The van der Waals surface area contributed by atoms with Gasteiger partial charge in [0.15, 0.2) is 0 Å². The summed E-state index contributed by atoms with van der Waals surface area (Å²) in [5, 5.41) is 11.9. The third-order valence-electron chi connectivity index (χ3n) is 3.94. The van der Waals surface area contributed by atoms with E-state index in [4.69, 9.17) is 5.11 Å². The van der Waals surface area contributed by atoms with E-state index < -0.39 is 5.97 Å². The van der Waals surface area contributed by atoms with Crippen molar-refractivity contribution in [3.63, 3.8) is 0 Å². The number of carboxylic acids is 1. The molecule has 1 heterocycles. The monoisotopic (exact) mass is 373 g/mol. The van der Waals surface area contributed by atoms with Crippen LogP contribution in [-0.4, -0.2) is 35.0 Å². The van der Waals surface area contributed by atoms with Crippen LogP contribution in [0.2, 0.25) is 0 Å². The third kappa shape index (κ3) is 4.80. The quantitative estimate of drug-likeness (QED) is 0.805. The van der Waals surface area contributed by atoms with Gasteiger partial charge in [0.1, 0.15) is 0 Å². The maximum Gasteiger partial charge on any atom is 0.335 e. The second-order valence-corrected chi connectivity index (χ2v) is 8.43. The number of benzene rings is 2. The standard InChI is InChI=1S/C19H19NO3S2/c21-17(14-4-6-15(7-5-14)19-24-10-11-25-19)20-9-8-13-2-1-3-16(12-13)18(22)23/h1-7,12,19H,8-11H2,(H,20,21)(H,22,23). The van der Waals surface area contributed by atoms with E-state index in [0.29, 0.717) is 23.1 Å². The summed E-state index contributed by atoms with van der Waals surface area (Å²) in [4.78, 5) is 23.2. The molecule has 0 radical (unpaired) electrons. The number of amides is 1. The molecule has 1 aliphatic rings. The van der Waals surface area contributed by atoms with Crippen LogP contribution >= 0.6 is 23.5 Å². The van der Waals surface area contributed by atoms with E-state index >= 15 is 0 Å². The molecule has 25 heavy (non-hydrogen) atoms. The summed E-state index contributed by atoms with van der Waals surface area (Å²) in [7, 11) is 0. The second kappa shape index (κ2) is 8.45. The summed E-state index contributed by atoms with van der Waals surface area (Å²) in [6.07, 6.45) is 0.598. The van der Waals surface area contributed by atoms with Crippen LogP contribution in [0.5, 0.6) is 0 Å². The van der Waals surface area contributed by atoms with Crippen molar-refractivity contribution in [2.75, 3.05) is 18.1 Å². The van der Waals surface area contributed by atoms with Crippen LogP contribution in [0.1, 0.15) is 36.4 Å². The van der Waals surface area contributed by atoms with Crippen molar-refractivity contribution in [2.45, 2.75) is 11.0 Å². The van der Waals surface area contributed by atoms with Crippen LogP contribution in [0.25, 0.3) is 0 Å². The van der Waals surface area contributed by atoms with Gasteiger partial charge >= 0.3 is 5.97 Å². The predicted molar refractivity (Wildman–Crippen MR) is 104 cm³/mol.